The zero-order valence-corrected chi connectivity index (χ0v) is 11.6. The van der Waals surface area contributed by atoms with Gasteiger partial charge in [0, 0.05) is 6.20 Å². The van der Waals surface area contributed by atoms with Crippen LogP contribution in [0.15, 0.2) is 18.3 Å². The summed E-state index contributed by atoms with van der Waals surface area (Å²) in [6.45, 7) is 2.25. The topological polar surface area (TPSA) is 50.2 Å². The average molecular weight is 261 g/mol. The predicted octanol–water partition coefficient (Wildman–Crippen LogP) is 4.24. The molecule has 0 radical (unpaired) electrons. The second-order valence-electron chi connectivity index (χ2n) is 5.64. The van der Waals surface area contributed by atoms with Gasteiger partial charge in [0.25, 0.3) is 0 Å². The third kappa shape index (κ3) is 3.79. The highest BCUT2D eigenvalue weighted by molar-refractivity contribution is 5.85. The lowest BCUT2D eigenvalue weighted by Gasteiger charge is -2.28. The van der Waals surface area contributed by atoms with Crippen molar-refractivity contribution in [3.8, 4) is 0 Å². The van der Waals surface area contributed by atoms with Gasteiger partial charge in [-0.1, -0.05) is 32.3 Å². The van der Waals surface area contributed by atoms with E-state index in [-0.39, 0.29) is 5.69 Å². The first-order valence-corrected chi connectivity index (χ1v) is 7.40. The molecule has 1 aliphatic carbocycles. The van der Waals surface area contributed by atoms with Gasteiger partial charge in [-0.15, -0.1) is 0 Å². The van der Waals surface area contributed by atoms with Crippen LogP contribution in [0.2, 0.25) is 0 Å². The molecule has 1 N–H and O–H groups in total. The SMILES string of the molecule is CCCCC1CCC(c2ccc(C(=O)O)nc2)CC1. The van der Waals surface area contributed by atoms with E-state index < -0.39 is 5.97 Å². The van der Waals surface area contributed by atoms with Gasteiger partial charge in [0.1, 0.15) is 5.69 Å². The minimum atomic E-state index is -0.949. The van der Waals surface area contributed by atoms with Crippen molar-refractivity contribution in [2.75, 3.05) is 0 Å². The van der Waals surface area contributed by atoms with Gasteiger partial charge in [-0.3, -0.25) is 0 Å². The molecule has 0 atom stereocenters. The quantitative estimate of drug-likeness (QED) is 0.862. The summed E-state index contributed by atoms with van der Waals surface area (Å²) in [7, 11) is 0. The van der Waals surface area contributed by atoms with Gasteiger partial charge < -0.3 is 5.11 Å². The Morgan fingerprint density at radius 2 is 2.05 bits per heavy atom. The van der Waals surface area contributed by atoms with E-state index in [2.05, 4.69) is 11.9 Å². The monoisotopic (exact) mass is 261 g/mol. The van der Waals surface area contributed by atoms with Gasteiger partial charge in [0.15, 0.2) is 0 Å². The number of rotatable bonds is 5. The first-order valence-electron chi connectivity index (χ1n) is 7.40. The second-order valence-corrected chi connectivity index (χ2v) is 5.64. The van der Waals surface area contributed by atoms with Crippen molar-refractivity contribution in [2.45, 2.75) is 57.8 Å². The Balaban J connectivity index is 1.88. The van der Waals surface area contributed by atoms with Gasteiger partial charge in [-0.05, 0) is 49.1 Å². The number of carboxylic acid groups (broad SMARTS) is 1. The third-order valence-electron chi connectivity index (χ3n) is 4.29. The molecule has 3 nitrogen and oxygen atoms in total. The number of carboxylic acids is 1. The molecule has 1 aromatic rings. The fraction of sp³-hybridized carbons (Fsp3) is 0.625. The third-order valence-corrected chi connectivity index (χ3v) is 4.29. The summed E-state index contributed by atoms with van der Waals surface area (Å²) in [6.07, 6.45) is 10.8. The van der Waals surface area contributed by atoms with Crippen molar-refractivity contribution in [3.05, 3.63) is 29.6 Å². The minimum absolute atomic E-state index is 0.139. The van der Waals surface area contributed by atoms with Crippen LogP contribution in [0.5, 0.6) is 0 Å². The number of hydrogen-bond acceptors (Lipinski definition) is 2. The molecule has 0 saturated heterocycles. The molecule has 19 heavy (non-hydrogen) atoms. The molecule has 1 aromatic heterocycles. The summed E-state index contributed by atoms with van der Waals surface area (Å²) < 4.78 is 0. The smallest absolute Gasteiger partial charge is 0.354 e. The van der Waals surface area contributed by atoms with Gasteiger partial charge in [0.05, 0.1) is 0 Å². The van der Waals surface area contributed by atoms with Crippen LogP contribution >= 0.6 is 0 Å². The molecule has 0 spiro atoms. The molecule has 1 heterocycles. The van der Waals surface area contributed by atoms with Crippen LogP contribution in [0.3, 0.4) is 0 Å². The first kappa shape index (κ1) is 14.0. The van der Waals surface area contributed by atoms with Crippen LogP contribution in [0.4, 0.5) is 0 Å². The molecule has 104 valence electrons. The van der Waals surface area contributed by atoms with Crippen LogP contribution in [-0.4, -0.2) is 16.1 Å². The summed E-state index contributed by atoms with van der Waals surface area (Å²) in [5.41, 5.74) is 1.35. The second kappa shape index (κ2) is 6.69. The summed E-state index contributed by atoms with van der Waals surface area (Å²) in [4.78, 5) is 14.8. The zero-order valence-electron chi connectivity index (χ0n) is 11.6. The maximum absolute atomic E-state index is 10.8. The van der Waals surface area contributed by atoms with Crippen molar-refractivity contribution < 1.29 is 9.90 Å². The van der Waals surface area contributed by atoms with Crippen molar-refractivity contribution in [3.63, 3.8) is 0 Å². The maximum atomic E-state index is 10.8. The van der Waals surface area contributed by atoms with Gasteiger partial charge in [-0.25, -0.2) is 9.78 Å². The minimum Gasteiger partial charge on any atom is -0.477 e. The molecule has 0 bridgehead atoms. The molecule has 2 rings (SSSR count). The van der Waals surface area contributed by atoms with Crippen molar-refractivity contribution >= 4 is 5.97 Å². The predicted molar refractivity (Wildman–Crippen MR) is 75.4 cm³/mol. The van der Waals surface area contributed by atoms with Crippen molar-refractivity contribution in [1.29, 1.82) is 0 Å². The van der Waals surface area contributed by atoms with Gasteiger partial charge in [0.2, 0.25) is 0 Å². The van der Waals surface area contributed by atoms with Crippen LogP contribution in [0.25, 0.3) is 0 Å². The van der Waals surface area contributed by atoms with E-state index >= 15 is 0 Å². The highest BCUT2D eigenvalue weighted by Gasteiger charge is 2.22. The Kier molecular flexibility index (Phi) is 4.94. The number of unbranched alkanes of at least 4 members (excludes halogenated alkanes) is 1. The Morgan fingerprint density at radius 1 is 1.32 bits per heavy atom. The zero-order chi connectivity index (χ0) is 13.7. The molecule has 1 aliphatic rings. The summed E-state index contributed by atoms with van der Waals surface area (Å²) in [5.74, 6) is 0.533. The van der Waals surface area contributed by atoms with Gasteiger partial charge >= 0.3 is 5.97 Å². The Bertz CT molecular complexity index is 405. The van der Waals surface area contributed by atoms with E-state index in [4.69, 9.17) is 5.11 Å². The van der Waals surface area contributed by atoms with Crippen molar-refractivity contribution in [2.24, 2.45) is 5.92 Å². The number of nitrogens with zero attached hydrogens (tertiary/aromatic N) is 1. The highest BCUT2D eigenvalue weighted by Crippen LogP contribution is 2.37. The fourth-order valence-electron chi connectivity index (χ4n) is 3.05. The van der Waals surface area contributed by atoms with Crippen LogP contribution in [0, 0.1) is 5.92 Å². The lowest BCUT2D eigenvalue weighted by molar-refractivity contribution is 0.0690. The van der Waals surface area contributed by atoms with E-state index in [0.29, 0.717) is 5.92 Å². The first-order chi connectivity index (χ1) is 9.20. The molecule has 0 unspecified atom stereocenters. The molecular formula is C16H23NO2. The van der Waals surface area contributed by atoms with E-state index in [1.165, 1.54) is 50.5 Å². The molecular weight excluding hydrogens is 238 g/mol. The maximum Gasteiger partial charge on any atom is 0.354 e. The summed E-state index contributed by atoms with van der Waals surface area (Å²) in [6, 6.07) is 3.56. The molecule has 0 amide bonds. The number of aromatic nitrogens is 1. The molecule has 1 saturated carbocycles. The lowest BCUT2D eigenvalue weighted by Crippen LogP contribution is -2.14. The van der Waals surface area contributed by atoms with E-state index in [1.54, 1.807) is 12.3 Å². The van der Waals surface area contributed by atoms with E-state index in [1.807, 2.05) is 6.07 Å². The number of hydrogen-bond donors (Lipinski definition) is 1. The van der Waals surface area contributed by atoms with Crippen LogP contribution in [-0.2, 0) is 0 Å². The Hall–Kier alpha value is -1.38. The van der Waals surface area contributed by atoms with Crippen molar-refractivity contribution in [1.82, 2.24) is 4.98 Å². The molecule has 1 fully saturated rings. The van der Waals surface area contributed by atoms with Crippen LogP contribution in [0.1, 0.15) is 73.8 Å². The number of carbonyl (C=O) groups is 1. The number of aromatic carboxylic acids is 1. The Morgan fingerprint density at radius 3 is 2.58 bits per heavy atom. The molecule has 0 aromatic carbocycles. The average Bonchev–Trinajstić information content (AvgIpc) is 2.46. The van der Waals surface area contributed by atoms with E-state index in [0.717, 1.165) is 5.92 Å². The number of pyridine rings is 1. The largest absolute Gasteiger partial charge is 0.477 e. The fourth-order valence-corrected chi connectivity index (χ4v) is 3.05. The standard InChI is InChI=1S/C16H23NO2/c1-2-3-4-12-5-7-13(8-6-12)14-9-10-15(16(18)19)17-11-14/h9-13H,2-8H2,1H3,(H,18,19). The normalized spacial score (nSPS) is 23.2. The summed E-state index contributed by atoms with van der Waals surface area (Å²) >= 11 is 0. The molecule has 3 heteroatoms. The highest BCUT2D eigenvalue weighted by atomic mass is 16.4. The summed E-state index contributed by atoms with van der Waals surface area (Å²) in [5, 5.41) is 8.84. The van der Waals surface area contributed by atoms with Gasteiger partial charge in [-0.2, -0.15) is 0 Å². The Labute approximate surface area is 115 Å². The van der Waals surface area contributed by atoms with E-state index in [9.17, 15) is 4.79 Å². The molecule has 0 aliphatic heterocycles. The lowest BCUT2D eigenvalue weighted by atomic mass is 9.77. The van der Waals surface area contributed by atoms with Crippen LogP contribution < -0.4 is 0 Å².